The van der Waals surface area contributed by atoms with E-state index in [-0.39, 0.29) is 0 Å². The Balaban J connectivity index is 1.65. The van der Waals surface area contributed by atoms with E-state index in [4.69, 9.17) is 5.73 Å². The van der Waals surface area contributed by atoms with E-state index >= 15 is 0 Å². The van der Waals surface area contributed by atoms with Crippen molar-refractivity contribution in [1.82, 2.24) is 0 Å². The first kappa shape index (κ1) is 14.5. The van der Waals surface area contributed by atoms with E-state index in [1.807, 2.05) is 0 Å². The van der Waals surface area contributed by atoms with Crippen molar-refractivity contribution < 1.29 is 0 Å². The van der Waals surface area contributed by atoms with E-state index in [0.29, 0.717) is 16.9 Å². The van der Waals surface area contributed by atoms with Gasteiger partial charge in [-0.3, -0.25) is 0 Å². The molecule has 8 unspecified atom stereocenters. The Morgan fingerprint density at radius 3 is 2.48 bits per heavy atom. The lowest BCUT2D eigenvalue weighted by atomic mass is 9.45. The fraction of sp³-hybridized carbons (Fsp3) is 1.00. The van der Waals surface area contributed by atoms with Crippen LogP contribution in [0.25, 0.3) is 0 Å². The fourth-order valence-electron chi connectivity index (χ4n) is 7.70. The molecule has 120 valence electrons. The minimum atomic E-state index is 0.457. The summed E-state index contributed by atoms with van der Waals surface area (Å²) in [5, 5.41) is 0. The average Bonchev–Trinajstić information content (AvgIpc) is 2.70. The summed E-state index contributed by atoms with van der Waals surface area (Å²) in [7, 11) is 0. The van der Waals surface area contributed by atoms with Crippen LogP contribution in [0.3, 0.4) is 0 Å². The highest BCUT2D eigenvalue weighted by molar-refractivity contribution is 5.11. The van der Waals surface area contributed by atoms with Crippen molar-refractivity contribution in [3.63, 3.8) is 0 Å². The molecule has 0 bridgehead atoms. The molecule has 4 fully saturated rings. The maximum absolute atomic E-state index is 6.65. The van der Waals surface area contributed by atoms with Crippen LogP contribution >= 0.6 is 0 Å². The molecule has 0 aromatic carbocycles. The van der Waals surface area contributed by atoms with Gasteiger partial charge in [-0.1, -0.05) is 33.6 Å². The predicted molar refractivity (Wildman–Crippen MR) is 88.9 cm³/mol. The molecule has 0 radical (unpaired) electrons. The normalized spacial score (nSPS) is 60.0. The van der Waals surface area contributed by atoms with Crippen molar-refractivity contribution in [2.75, 3.05) is 0 Å². The second-order valence-electron chi connectivity index (χ2n) is 9.69. The van der Waals surface area contributed by atoms with Gasteiger partial charge >= 0.3 is 0 Å². The summed E-state index contributed by atoms with van der Waals surface area (Å²) < 4.78 is 0. The van der Waals surface area contributed by atoms with Gasteiger partial charge in [-0.2, -0.15) is 0 Å². The molecule has 0 saturated heterocycles. The third-order valence-corrected chi connectivity index (χ3v) is 9.02. The maximum atomic E-state index is 6.65. The smallest absolute Gasteiger partial charge is 0.0122 e. The summed E-state index contributed by atoms with van der Waals surface area (Å²) in [5.41, 5.74) is 7.79. The van der Waals surface area contributed by atoms with Gasteiger partial charge in [-0.05, 0) is 85.4 Å². The zero-order valence-corrected chi connectivity index (χ0v) is 14.4. The van der Waals surface area contributed by atoms with Gasteiger partial charge in [0, 0.05) is 6.04 Å². The molecule has 0 heterocycles. The van der Waals surface area contributed by atoms with Crippen molar-refractivity contribution in [2.45, 2.75) is 84.6 Å². The molecule has 0 aliphatic heterocycles. The van der Waals surface area contributed by atoms with E-state index in [0.717, 1.165) is 29.6 Å². The number of rotatable bonds is 0. The van der Waals surface area contributed by atoms with Gasteiger partial charge in [-0.25, -0.2) is 0 Å². The van der Waals surface area contributed by atoms with E-state index in [9.17, 15) is 0 Å². The molecular weight excluding hydrogens is 254 g/mol. The molecule has 4 aliphatic carbocycles. The summed E-state index contributed by atoms with van der Waals surface area (Å²) in [6.07, 6.45) is 13.4. The number of hydrogen-bond donors (Lipinski definition) is 1. The maximum Gasteiger partial charge on any atom is 0.0122 e. The minimum Gasteiger partial charge on any atom is -0.327 e. The lowest BCUT2D eigenvalue weighted by molar-refractivity contribution is -0.105. The first-order valence-corrected chi connectivity index (χ1v) is 9.72. The highest BCUT2D eigenvalue weighted by Crippen LogP contribution is 2.66. The van der Waals surface area contributed by atoms with Gasteiger partial charge in [0.15, 0.2) is 0 Å². The Morgan fingerprint density at radius 2 is 1.67 bits per heavy atom. The van der Waals surface area contributed by atoms with Crippen molar-refractivity contribution in [3.05, 3.63) is 0 Å². The van der Waals surface area contributed by atoms with Crippen molar-refractivity contribution in [2.24, 2.45) is 46.2 Å². The number of hydrogen-bond acceptors (Lipinski definition) is 1. The van der Waals surface area contributed by atoms with Crippen LogP contribution in [0.15, 0.2) is 0 Å². The van der Waals surface area contributed by atoms with Gasteiger partial charge in [0.05, 0.1) is 0 Å². The molecule has 4 aliphatic rings. The van der Waals surface area contributed by atoms with Crippen LogP contribution in [0.4, 0.5) is 0 Å². The molecule has 21 heavy (non-hydrogen) atoms. The first-order chi connectivity index (χ1) is 9.97. The zero-order chi connectivity index (χ0) is 14.8. The van der Waals surface area contributed by atoms with Gasteiger partial charge in [0.2, 0.25) is 0 Å². The molecule has 4 rings (SSSR count). The molecule has 0 amide bonds. The Morgan fingerprint density at radius 1 is 0.857 bits per heavy atom. The zero-order valence-electron chi connectivity index (χ0n) is 14.4. The number of fused-ring (bicyclic) bond motifs is 5. The first-order valence-electron chi connectivity index (χ1n) is 9.72. The van der Waals surface area contributed by atoms with Gasteiger partial charge < -0.3 is 5.73 Å². The second-order valence-corrected chi connectivity index (χ2v) is 9.69. The third-order valence-electron chi connectivity index (χ3n) is 9.02. The highest BCUT2D eigenvalue weighted by atomic mass is 14.8. The second kappa shape index (κ2) is 4.73. The van der Waals surface area contributed by atoms with Crippen molar-refractivity contribution >= 4 is 0 Å². The number of nitrogens with two attached hydrogens (primary N) is 1. The Bertz CT molecular complexity index is 418. The Labute approximate surface area is 131 Å². The van der Waals surface area contributed by atoms with E-state index in [1.54, 1.807) is 0 Å². The molecule has 1 nitrogen and oxygen atoms in total. The molecule has 1 heteroatoms. The summed E-state index contributed by atoms with van der Waals surface area (Å²) in [5.74, 6) is 4.74. The molecule has 4 saturated carbocycles. The fourth-order valence-corrected chi connectivity index (χ4v) is 7.70. The Kier molecular flexibility index (Phi) is 3.27. The van der Waals surface area contributed by atoms with Crippen LogP contribution in [-0.2, 0) is 0 Å². The van der Waals surface area contributed by atoms with Gasteiger partial charge in [0.1, 0.15) is 0 Å². The third kappa shape index (κ3) is 1.85. The molecule has 0 aromatic heterocycles. The van der Waals surface area contributed by atoms with Crippen molar-refractivity contribution in [3.8, 4) is 0 Å². The van der Waals surface area contributed by atoms with Crippen LogP contribution in [0.5, 0.6) is 0 Å². The SMILES string of the molecule is CC1CC2C3CCC4CCCCC4(C)C3CCC2(C)C1N. The molecule has 0 spiro atoms. The molecular formula is C20H35N. The Hall–Kier alpha value is -0.0400. The largest absolute Gasteiger partial charge is 0.327 e. The summed E-state index contributed by atoms with van der Waals surface area (Å²) in [6, 6.07) is 0.459. The van der Waals surface area contributed by atoms with Crippen LogP contribution in [-0.4, -0.2) is 6.04 Å². The van der Waals surface area contributed by atoms with Crippen LogP contribution in [0.1, 0.15) is 78.6 Å². The predicted octanol–water partition coefficient (Wildman–Crippen LogP) is 4.99. The lowest BCUT2D eigenvalue weighted by Crippen LogP contribution is -2.54. The molecule has 0 aromatic rings. The summed E-state index contributed by atoms with van der Waals surface area (Å²) >= 11 is 0. The van der Waals surface area contributed by atoms with Gasteiger partial charge in [0.25, 0.3) is 0 Å². The standard InChI is InChI=1S/C20H35N/c1-13-12-17-15-8-7-14-6-4-5-10-19(14,2)16(15)9-11-20(17,3)18(13)21/h13-18H,4-12,21H2,1-3H3. The van der Waals surface area contributed by atoms with Crippen molar-refractivity contribution in [1.29, 1.82) is 0 Å². The quantitative estimate of drug-likeness (QED) is 0.668. The average molecular weight is 290 g/mol. The summed E-state index contributed by atoms with van der Waals surface area (Å²) in [4.78, 5) is 0. The van der Waals surface area contributed by atoms with Gasteiger partial charge in [-0.15, -0.1) is 0 Å². The minimum absolute atomic E-state index is 0.457. The van der Waals surface area contributed by atoms with Crippen LogP contribution in [0.2, 0.25) is 0 Å². The molecule has 8 atom stereocenters. The molecule has 2 N–H and O–H groups in total. The summed E-state index contributed by atoms with van der Waals surface area (Å²) in [6.45, 7) is 7.63. The lowest BCUT2D eigenvalue weighted by Gasteiger charge is -2.60. The monoisotopic (exact) mass is 289 g/mol. The van der Waals surface area contributed by atoms with Crippen LogP contribution in [0, 0.1) is 40.4 Å². The van der Waals surface area contributed by atoms with E-state index < -0.39 is 0 Å². The van der Waals surface area contributed by atoms with E-state index in [1.165, 1.54) is 57.8 Å². The topological polar surface area (TPSA) is 26.0 Å². The van der Waals surface area contributed by atoms with E-state index in [2.05, 4.69) is 20.8 Å². The van der Waals surface area contributed by atoms with Crippen LogP contribution < -0.4 is 5.73 Å². The highest BCUT2D eigenvalue weighted by Gasteiger charge is 2.60.